The summed E-state index contributed by atoms with van der Waals surface area (Å²) in [6.45, 7) is 1.18. The van der Waals surface area contributed by atoms with E-state index in [-0.39, 0.29) is 23.0 Å². The van der Waals surface area contributed by atoms with Gasteiger partial charge in [0.1, 0.15) is 0 Å². The van der Waals surface area contributed by atoms with E-state index in [9.17, 15) is 20.0 Å². The number of rotatable bonds is 5. The van der Waals surface area contributed by atoms with Crippen molar-refractivity contribution in [1.29, 1.82) is 0 Å². The maximum Gasteiger partial charge on any atom is 0.311 e. The molecule has 0 radical (unpaired) electrons. The van der Waals surface area contributed by atoms with Crippen LogP contribution in [0.5, 0.6) is 11.6 Å². The molecule has 0 unspecified atom stereocenters. The van der Waals surface area contributed by atoms with E-state index in [4.69, 9.17) is 4.74 Å². The van der Waals surface area contributed by atoms with Crippen molar-refractivity contribution in [3.05, 3.63) is 56.5 Å². The van der Waals surface area contributed by atoms with Crippen LogP contribution in [0.2, 0.25) is 0 Å². The van der Waals surface area contributed by atoms with E-state index in [2.05, 4.69) is 31.1 Å². The van der Waals surface area contributed by atoms with Crippen molar-refractivity contribution in [2.45, 2.75) is 6.92 Å². The summed E-state index contributed by atoms with van der Waals surface area (Å²) in [6, 6.07) is 9.64. The number of halogens is 1. The first-order valence-electron chi connectivity index (χ1n) is 7.68. The van der Waals surface area contributed by atoms with Crippen molar-refractivity contribution < 1.29 is 19.6 Å². The third-order valence-corrected chi connectivity index (χ3v) is 4.13. The standard InChI is InChI=1S/C17H13BrN4O5/c1-9-2-5-14(13(6-9)22(25)26)27-8-15(23)20-21-16-11-7-10(18)3-4-12(11)19-17(16)24/h2-7,19,24H,8H2,1H3. The fourth-order valence-electron chi connectivity index (χ4n) is 2.40. The van der Waals surface area contributed by atoms with Crippen LogP contribution in [0.1, 0.15) is 5.56 Å². The molecule has 1 heterocycles. The zero-order chi connectivity index (χ0) is 19.6. The number of amides is 1. The first kappa shape index (κ1) is 18.5. The summed E-state index contributed by atoms with van der Waals surface area (Å²) in [5, 5.41) is 28.8. The Labute approximate surface area is 161 Å². The van der Waals surface area contributed by atoms with Crippen molar-refractivity contribution in [2.75, 3.05) is 6.61 Å². The number of carbonyl (C=O) groups is 1. The zero-order valence-electron chi connectivity index (χ0n) is 14.0. The van der Waals surface area contributed by atoms with Crippen LogP contribution in [-0.2, 0) is 4.79 Å². The number of nitro groups is 1. The lowest BCUT2D eigenvalue weighted by molar-refractivity contribution is -0.385. The Kier molecular flexibility index (Phi) is 5.17. The van der Waals surface area contributed by atoms with Crippen molar-refractivity contribution in [3.8, 4) is 11.6 Å². The largest absolute Gasteiger partial charge is 0.493 e. The van der Waals surface area contributed by atoms with Gasteiger partial charge >= 0.3 is 11.6 Å². The lowest BCUT2D eigenvalue weighted by Gasteiger charge is -2.04. The summed E-state index contributed by atoms with van der Waals surface area (Å²) in [5.74, 6) is -1.02. The number of H-pyrrole nitrogens is 1. The predicted molar refractivity (Wildman–Crippen MR) is 101 cm³/mol. The molecule has 2 aromatic carbocycles. The van der Waals surface area contributed by atoms with E-state index < -0.39 is 17.4 Å². The number of fused-ring (bicyclic) bond motifs is 1. The Morgan fingerprint density at radius 1 is 1.33 bits per heavy atom. The van der Waals surface area contributed by atoms with Gasteiger partial charge in [-0.3, -0.25) is 14.9 Å². The van der Waals surface area contributed by atoms with E-state index in [0.717, 1.165) is 4.47 Å². The molecule has 0 aliphatic carbocycles. The number of aryl methyl sites for hydroxylation is 1. The Morgan fingerprint density at radius 3 is 2.85 bits per heavy atom. The number of azo groups is 1. The second-order valence-electron chi connectivity index (χ2n) is 5.62. The normalized spacial score (nSPS) is 11.2. The fraction of sp³-hybridized carbons (Fsp3) is 0.118. The summed E-state index contributed by atoms with van der Waals surface area (Å²) in [6.07, 6.45) is 0. The lowest BCUT2D eigenvalue weighted by atomic mass is 10.2. The van der Waals surface area contributed by atoms with Gasteiger partial charge in [0.25, 0.3) is 0 Å². The highest BCUT2D eigenvalue weighted by Crippen LogP contribution is 2.36. The Hall–Kier alpha value is -3.27. The van der Waals surface area contributed by atoms with Crippen molar-refractivity contribution in [1.82, 2.24) is 4.98 Å². The SMILES string of the molecule is Cc1ccc(OCC(=O)N=Nc2c(O)[nH]c3ccc(Br)cc23)c([N+](=O)[O-])c1. The number of ether oxygens (including phenoxy) is 1. The average Bonchev–Trinajstić information content (AvgIpc) is 2.93. The molecule has 10 heteroatoms. The summed E-state index contributed by atoms with van der Waals surface area (Å²) in [5.41, 5.74) is 1.20. The molecule has 27 heavy (non-hydrogen) atoms. The van der Waals surface area contributed by atoms with E-state index in [1.54, 1.807) is 31.2 Å². The smallest absolute Gasteiger partial charge is 0.311 e. The third kappa shape index (κ3) is 4.11. The highest BCUT2D eigenvalue weighted by Gasteiger charge is 2.16. The number of aromatic nitrogens is 1. The second-order valence-corrected chi connectivity index (χ2v) is 6.54. The third-order valence-electron chi connectivity index (χ3n) is 3.64. The van der Waals surface area contributed by atoms with Crippen molar-refractivity contribution in [2.24, 2.45) is 10.2 Å². The van der Waals surface area contributed by atoms with Gasteiger partial charge in [0.05, 0.1) is 10.4 Å². The molecule has 0 bridgehead atoms. The minimum atomic E-state index is -0.756. The van der Waals surface area contributed by atoms with Crippen LogP contribution in [0.3, 0.4) is 0 Å². The fourth-order valence-corrected chi connectivity index (χ4v) is 2.76. The van der Waals surface area contributed by atoms with Crippen LogP contribution >= 0.6 is 15.9 Å². The van der Waals surface area contributed by atoms with Crippen LogP contribution < -0.4 is 4.74 Å². The second kappa shape index (κ2) is 7.54. The topological polar surface area (TPSA) is 130 Å². The molecule has 9 nitrogen and oxygen atoms in total. The molecule has 2 N–H and O–H groups in total. The van der Waals surface area contributed by atoms with Crippen molar-refractivity contribution >= 4 is 44.1 Å². The molecular formula is C17H13BrN4O5. The molecule has 0 aliphatic rings. The van der Waals surface area contributed by atoms with Crippen LogP contribution in [0.15, 0.2) is 51.1 Å². The van der Waals surface area contributed by atoms with Gasteiger partial charge in [-0.2, -0.15) is 0 Å². The molecule has 1 aromatic heterocycles. The molecule has 1 amide bonds. The van der Waals surface area contributed by atoms with E-state index in [0.29, 0.717) is 16.5 Å². The molecule has 0 saturated carbocycles. The Morgan fingerprint density at radius 2 is 2.11 bits per heavy atom. The minimum absolute atomic E-state index is 0.0342. The van der Waals surface area contributed by atoms with E-state index in [1.165, 1.54) is 12.1 Å². The average molecular weight is 433 g/mol. The van der Waals surface area contributed by atoms with Gasteiger partial charge in [0.2, 0.25) is 5.88 Å². The van der Waals surface area contributed by atoms with Gasteiger partial charge in [-0.15, -0.1) is 10.2 Å². The van der Waals surface area contributed by atoms with Gasteiger partial charge in [0, 0.05) is 15.9 Å². The van der Waals surface area contributed by atoms with Crippen molar-refractivity contribution in [3.63, 3.8) is 0 Å². The van der Waals surface area contributed by atoms with Gasteiger partial charge in [0.15, 0.2) is 18.0 Å². The summed E-state index contributed by atoms with van der Waals surface area (Å²) < 4.78 is 5.97. The summed E-state index contributed by atoms with van der Waals surface area (Å²) in [4.78, 5) is 25.1. The first-order valence-corrected chi connectivity index (χ1v) is 8.47. The van der Waals surface area contributed by atoms with Gasteiger partial charge in [-0.25, -0.2) is 0 Å². The molecule has 0 spiro atoms. The van der Waals surface area contributed by atoms with Gasteiger partial charge < -0.3 is 14.8 Å². The van der Waals surface area contributed by atoms with E-state index in [1.807, 2.05) is 0 Å². The number of hydrogen-bond donors (Lipinski definition) is 2. The number of aromatic amines is 1. The van der Waals surface area contributed by atoms with E-state index >= 15 is 0 Å². The molecule has 138 valence electrons. The molecule has 0 aliphatic heterocycles. The molecule has 0 saturated heterocycles. The molecule has 0 atom stereocenters. The zero-order valence-corrected chi connectivity index (χ0v) is 15.6. The summed E-state index contributed by atoms with van der Waals surface area (Å²) in [7, 11) is 0. The quantitative estimate of drug-likeness (QED) is 0.347. The van der Waals surface area contributed by atoms with Crippen LogP contribution in [0.25, 0.3) is 10.9 Å². The monoisotopic (exact) mass is 432 g/mol. The Balaban J connectivity index is 1.75. The highest BCUT2D eigenvalue weighted by molar-refractivity contribution is 9.10. The van der Waals surface area contributed by atoms with Crippen LogP contribution in [0.4, 0.5) is 11.4 Å². The number of nitrogens with one attached hydrogen (secondary N) is 1. The maximum atomic E-state index is 11.9. The number of nitrogens with zero attached hydrogens (tertiary/aromatic N) is 3. The van der Waals surface area contributed by atoms with Crippen LogP contribution in [0, 0.1) is 17.0 Å². The number of benzene rings is 2. The van der Waals surface area contributed by atoms with Gasteiger partial charge in [-0.1, -0.05) is 22.0 Å². The Bertz CT molecular complexity index is 1080. The molecule has 3 aromatic rings. The highest BCUT2D eigenvalue weighted by atomic mass is 79.9. The minimum Gasteiger partial charge on any atom is -0.493 e. The molecular weight excluding hydrogens is 420 g/mol. The summed E-state index contributed by atoms with van der Waals surface area (Å²) >= 11 is 3.32. The first-order chi connectivity index (χ1) is 12.8. The van der Waals surface area contributed by atoms with Crippen LogP contribution in [-0.4, -0.2) is 27.5 Å². The number of nitro benzene ring substituents is 1. The molecule has 0 fully saturated rings. The van der Waals surface area contributed by atoms with Gasteiger partial charge in [-0.05, 0) is 36.8 Å². The number of hydrogen-bond acceptors (Lipinski definition) is 6. The molecule has 3 rings (SSSR count). The number of carbonyl (C=O) groups excluding carboxylic acids is 1. The predicted octanol–water partition coefficient (Wildman–Crippen LogP) is 4.54. The lowest BCUT2D eigenvalue weighted by Crippen LogP contribution is -2.09. The maximum absolute atomic E-state index is 11.9. The number of aromatic hydroxyl groups is 1.